The van der Waals surface area contributed by atoms with Gasteiger partial charge in [-0.25, -0.2) is 4.79 Å². The van der Waals surface area contributed by atoms with E-state index in [1.807, 2.05) is 0 Å². The van der Waals surface area contributed by atoms with Crippen LogP contribution in [-0.4, -0.2) is 48.7 Å². The van der Waals surface area contributed by atoms with E-state index in [4.69, 9.17) is 19.9 Å². The minimum atomic E-state index is -0.644. The molecule has 1 saturated heterocycles. The zero-order valence-electron chi connectivity index (χ0n) is 13.0. The monoisotopic (exact) mass is 334 g/mol. The van der Waals surface area contributed by atoms with Gasteiger partial charge >= 0.3 is 5.97 Å². The van der Waals surface area contributed by atoms with E-state index in [-0.39, 0.29) is 12.4 Å². The first-order chi connectivity index (χ1) is 11.6. The van der Waals surface area contributed by atoms with E-state index in [1.54, 1.807) is 6.07 Å². The fraction of sp³-hybridized carbons (Fsp3) is 0.438. The van der Waals surface area contributed by atoms with Crippen molar-refractivity contribution >= 4 is 17.8 Å². The average molecular weight is 334 g/mol. The molecule has 1 aromatic carbocycles. The number of ether oxygens (including phenoxy) is 3. The first-order valence-electron chi connectivity index (χ1n) is 7.72. The van der Waals surface area contributed by atoms with Crippen LogP contribution in [0.1, 0.15) is 29.6 Å². The van der Waals surface area contributed by atoms with Crippen molar-refractivity contribution in [1.29, 1.82) is 0 Å². The maximum atomic E-state index is 12.2. The molecule has 2 heterocycles. The summed E-state index contributed by atoms with van der Waals surface area (Å²) in [6, 6.07) is 4.01. The van der Waals surface area contributed by atoms with E-state index in [0.29, 0.717) is 24.5 Å². The van der Waals surface area contributed by atoms with Crippen molar-refractivity contribution in [1.82, 2.24) is 4.90 Å². The van der Waals surface area contributed by atoms with Crippen molar-refractivity contribution in [3.63, 3.8) is 0 Å². The topological polar surface area (TPSA) is 108 Å². The largest absolute Gasteiger partial charge is 0.454 e. The Hall–Kier alpha value is -2.77. The highest BCUT2D eigenvalue weighted by atomic mass is 16.7. The van der Waals surface area contributed by atoms with E-state index in [0.717, 1.165) is 12.8 Å². The van der Waals surface area contributed by atoms with Crippen LogP contribution in [0.15, 0.2) is 18.2 Å². The van der Waals surface area contributed by atoms with Gasteiger partial charge in [0.2, 0.25) is 12.7 Å². The van der Waals surface area contributed by atoms with Crippen LogP contribution in [0, 0.1) is 0 Å². The maximum absolute atomic E-state index is 12.2. The number of rotatable bonds is 4. The van der Waals surface area contributed by atoms with Crippen LogP contribution in [0.5, 0.6) is 11.5 Å². The molecule has 2 aliphatic rings. The van der Waals surface area contributed by atoms with Crippen LogP contribution in [0.2, 0.25) is 0 Å². The number of amides is 2. The molecule has 2 amide bonds. The number of nitrogens with two attached hydrogens (primary N) is 1. The number of primary amides is 1. The normalized spacial score (nSPS) is 19.0. The summed E-state index contributed by atoms with van der Waals surface area (Å²) in [5.74, 6) is -0.590. The van der Waals surface area contributed by atoms with Gasteiger partial charge in [0.15, 0.2) is 18.1 Å². The van der Waals surface area contributed by atoms with E-state index in [2.05, 4.69) is 0 Å². The third-order valence-electron chi connectivity index (χ3n) is 4.09. The van der Waals surface area contributed by atoms with Crippen LogP contribution >= 0.6 is 0 Å². The second-order valence-corrected chi connectivity index (χ2v) is 5.65. The average Bonchev–Trinajstić information content (AvgIpc) is 3.06. The van der Waals surface area contributed by atoms with Crippen molar-refractivity contribution in [3.05, 3.63) is 23.8 Å². The molecule has 0 saturated carbocycles. The third kappa shape index (κ3) is 3.27. The maximum Gasteiger partial charge on any atom is 0.338 e. The molecular formula is C16H18N2O6. The molecule has 0 spiro atoms. The minimum absolute atomic E-state index is 0.107. The Balaban J connectivity index is 1.59. The van der Waals surface area contributed by atoms with Gasteiger partial charge < -0.3 is 24.8 Å². The Kier molecular flexibility index (Phi) is 4.54. The Bertz CT molecular complexity index is 675. The summed E-state index contributed by atoms with van der Waals surface area (Å²) in [6.07, 6.45) is 2.18. The number of esters is 1. The summed E-state index contributed by atoms with van der Waals surface area (Å²) in [5, 5.41) is 0. The van der Waals surface area contributed by atoms with E-state index in [1.165, 1.54) is 17.0 Å². The van der Waals surface area contributed by atoms with Crippen molar-refractivity contribution in [2.45, 2.75) is 25.3 Å². The molecule has 2 N–H and O–H groups in total. The van der Waals surface area contributed by atoms with Gasteiger partial charge in [-0.15, -0.1) is 0 Å². The summed E-state index contributed by atoms with van der Waals surface area (Å²) < 4.78 is 15.4. The lowest BCUT2D eigenvalue weighted by Gasteiger charge is -2.33. The first-order valence-corrected chi connectivity index (χ1v) is 7.72. The second kappa shape index (κ2) is 6.77. The Morgan fingerprint density at radius 2 is 2.00 bits per heavy atom. The van der Waals surface area contributed by atoms with Crippen molar-refractivity contribution in [3.8, 4) is 11.5 Å². The number of benzene rings is 1. The van der Waals surface area contributed by atoms with Gasteiger partial charge in [0, 0.05) is 6.54 Å². The SMILES string of the molecule is NC(=O)[C@H]1CCCCN1C(=O)COC(=O)c1ccc2c(c1)OCO2. The zero-order valence-corrected chi connectivity index (χ0v) is 13.0. The highest BCUT2D eigenvalue weighted by Gasteiger charge is 2.31. The molecule has 8 nitrogen and oxygen atoms in total. The van der Waals surface area contributed by atoms with E-state index < -0.39 is 30.4 Å². The van der Waals surface area contributed by atoms with Gasteiger partial charge in [-0.2, -0.15) is 0 Å². The minimum Gasteiger partial charge on any atom is -0.454 e. The Morgan fingerprint density at radius 3 is 2.79 bits per heavy atom. The summed E-state index contributed by atoms with van der Waals surface area (Å²) in [6.45, 7) is 0.112. The quantitative estimate of drug-likeness (QED) is 0.800. The number of carbonyl (C=O) groups is 3. The highest BCUT2D eigenvalue weighted by Crippen LogP contribution is 2.32. The van der Waals surface area contributed by atoms with Crippen LogP contribution < -0.4 is 15.2 Å². The van der Waals surface area contributed by atoms with Gasteiger partial charge in [-0.3, -0.25) is 9.59 Å². The number of hydrogen-bond acceptors (Lipinski definition) is 6. The molecule has 0 bridgehead atoms. The number of carbonyl (C=O) groups excluding carboxylic acids is 3. The fourth-order valence-electron chi connectivity index (χ4n) is 2.84. The predicted octanol–water partition coefficient (Wildman–Crippen LogP) is 0.438. The lowest BCUT2D eigenvalue weighted by Crippen LogP contribution is -2.51. The molecule has 24 heavy (non-hydrogen) atoms. The van der Waals surface area contributed by atoms with Gasteiger partial charge in [0.25, 0.3) is 5.91 Å². The molecule has 128 valence electrons. The molecule has 8 heteroatoms. The Labute approximate surface area is 138 Å². The molecule has 0 unspecified atom stereocenters. The van der Waals surface area contributed by atoms with Gasteiger partial charge in [0.05, 0.1) is 5.56 Å². The zero-order chi connectivity index (χ0) is 17.1. The second-order valence-electron chi connectivity index (χ2n) is 5.65. The van der Waals surface area contributed by atoms with Crippen LogP contribution in [0.4, 0.5) is 0 Å². The van der Waals surface area contributed by atoms with Crippen molar-refractivity contribution in [2.24, 2.45) is 5.73 Å². The highest BCUT2D eigenvalue weighted by molar-refractivity contribution is 5.93. The third-order valence-corrected chi connectivity index (χ3v) is 4.09. The molecular weight excluding hydrogens is 316 g/mol. The van der Waals surface area contributed by atoms with Crippen molar-refractivity contribution < 1.29 is 28.6 Å². The van der Waals surface area contributed by atoms with Crippen molar-refractivity contribution in [2.75, 3.05) is 19.9 Å². The van der Waals surface area contributed by atoms with Gasteiger partial charge in [0.1, 0.15) is 6.04 Å². The lowest BCUT2D eigenvalue weighted by atomic mass is 10.0. The molecule has 0 aliphatic carbocycles. The lowest BCUT2D eigenvalue weighted by molar-refractivity contribution is -0.143. The molecule has 1 aromatic rings. The smallest absolute Gasteiger partial charge is 0.338 e. The summed E-state index contributed by atoms with van der Waals surface area (Å²) in [7, 11) is 0. The molecule has 0 aromatic heterocycles. The summed E-state index contributed by atoms with van der Waals surface area (Å²) in [4.78, 5) is 37.1. The number of likely N-dealkylation sites (tertiary alicyclic amines) is 1. The Morgan fingerprint density at radius 1 is 1.21 bits per heavy atom. The number of nitrogens with zero attached hydrogens (tertiary/aromatic N) is 1. The molecule has 2 aliphatic heterocycles. The number of fused-ring (bicyclic) bond motifs is 1. The van der Waals surface area contributed by atoms with Crippen LogP contribution in [0.3, 0.4) is 0 Å². The van der Waals surface area contributed by atoms with Gasteiger partial charge in [-0.05, 0) is 37.5 Å². The van der Waals surface area contributed by atoms with Gasteiger partial charge in [-0.1, -0.05) is 0 Å². The molecule has 1 fully saturated rings. The van der Waals surface area contributed by atoms with E-state index in [9.17, 15) is 14.4 Å². The van der Waals surface area contributed by atoms with Crippen LogP contribution in [0.25, 0.3) is 0 Å². The standard InChI is InChI=1S/C16H18N2O6/c17-15(20)11-3-1-2-6-18(11)14(19)8-22-16(21)10-4-5-12-13(7-10)24-9-23-12/h4-5,7,11H,1-3,6,8-9H2,(H2,17,20)/t11-/m1/s1. The number of hydrogen-bond donors (Lipinski definition) is 1. The summed E-state index contributed by atoms with van der Waals surface area (Å²) in [5.41, 5.74) is 5.59. The fourth-order valence-corrected chi connectivity index (χ4v) is 2.84. The molecule has 1 atom stereocenters. The van der Waals surface area contributed by atoms with Crippen LogP contribution in [-0.2, 0) is 14.3 Å². The number of piperidine rings is 1. The molecule has 3 rings (SSSR count). The summed E-state index contributed by atoms with van der Waals surface area (Å²) >= 11 is 0. The molecule has 0 radical (unpaired) electrons. The first kappa shape index (κ1) is 16.1. The predicted molar refractivity (Wildman–Crippen MR) is 81.4 cm³/mol. The van der Waals surface area contributed by atoms with E-state index >= 15 is 0 Å².